The lowest BCUT2D eigenvalue weighted by Crippen LogP contribution is -2.51. The monoisotopic (exact) mass is 394 g/mol. The second kappa shape index (κ2) is 10.5. The highest BCUT2D eigenvalue weighted by molar-refractivity contribution is 5.89. The number of aryl methyl sites for hydroxylation is 1. The lowest BCUT2D eigenvalue weighted by Gasteiger charge is -2.35. The van der Waals surface area contributed by atoms with Crippen LogP contribution in [0.2, 0.25) is 0 Å². The Bertz CT molecular complexity index is 626. The molecule has 2 fully saturated rings. The molecule has 0 radical (unpaired) electrons. The Balaban J connectivity index is 0.00000261. The molecule has 3 rings (SSSR count). The zero-order valence-electron chi connectivity index (χ0n) is 16.1. The predicted molar refractivity (Wildman–Crippen MR) is 110 cm³/mol. The SMILES string of the molecule is Cc1cccc(NC(=O)N2CCN(C(=O)CCC3CCNCC3)CC2)c1.Cl. The Morgan fingerprint density at radius 3 is 2.44 bits per heavy atom. The highest BCUT2D eigenvalue weighted by atomic mass is 35.5. The van der Waals surface area contributed by atoms with Crippen LogP contribution in [0, 0.1) is 12.8 Å². The Morgan fingerprint density at radius 1 is 1.11 bits per heavy atom. The van der Waals surface area contributed by atoms with Crippen LogP contribution in [-0.2, 0) is 4.79 Å². The topological polar surface area (TPSA) is 64.7 Å². The van der Waals surface area contributed by atoms with Gasteiger partial charge >= 0.3 is 6.03 Å². The van der Waals surface area contributed by atoms with Gasteiger partial charge in [0.2, 0.25) is 5.91 Å². The zero-order valence-corrected chi connectivity index (χ0v) is 16.9. The fraction of sp³-hybridized carbons (Fsp3) is 0.600. The molecule has 2 heterocycles. The number of halogens is 1. The van der Waals surface area contributed by atoms with Crippen LogP contribution in [0.1, 0.15) is 31.2 Å². The van der Waals surface area contributed by atoms with Gasteiger partial charge in [0.15, 0.2) is 0 Å². The van der Waals surface area contributed by atoms with Gasteiger partial charge in [-0.25, -0.2) is 4.79 Å². The summed E-state index contributed by atoms with van der Waals surface area (Å²) in [5.74, 6) is 0.920. The molecule has 0 bridgehead atoms. The highest BCUT2D eigenvalue weighted by Gasteiger charge is 2.24. The lowest BCUT2D eigenvalue weighted by molar-refractivity contribution is -0.132. The molecule has 2 saturated heterocycles. The first kappa shape index (κ1) is 21.5. The maximum Gasteiger partial charge on any atom is 0.321 e. The van der Waals surface area contributed by atoms with Crippen molar-refractivity contribution in [2.45, 2.75) is 32.6 Å². The van der Waals surface area contributed by atoms with Crippen LogP contribution in [0.3, 0.4) is 0 Å². The van der Waals surface area contributed by atoms with E-state index in [2.05, 4.69) is 10.6 Å². The van der Waals surface area contributed by atoms with E-state index in [0.717, 1.165) is 30.8 Å². The summed E-state index contributed by atoms with van der Waals surface area (Å²) in [6.07, 6.45) is 4.00. The van der Waals surface area contributed by atoms with Gasteiger partial charge in [-0.3, -0.25) is 4.79 Å². The summed E-state index contributed by atoms with van der Waals surface area (Å²) in [5, 5.41) is 6.31. The van der Waals surface area contributed by atoms with Crippen LogP contribution in [0.5, 0.6) is 0 Å². The van der Waals surface area contributed by atoms with Crippen molar-refractivity contribution in [1.29, 1.82) is 0 Å². The molecule has 0 saturated carbocycles. The first-order chi connectivity index (χ1) is 12.6. The molecule has 1 aromatic rings. The molecule has 0 aliphatic carbocycles. The quantitative estimate of drug-likeness (QED) is 0.825. The molecule has 0 spiro atoms. The third-order valence-electron chi connectivity index (χ3n) is 5.41. The van der Waals surface area contributed by atoms with Crippen LogP contribution in [0.25, 0.3) is 0 Å². The van der Waals surface area contributed by atoms with Crippen molar-refractivity contribution in [2.24, 2.45) is 5.92 Å². The normalized spacial score (nSPS) is 18.0. The summed E-state index contributed by atoms with van der Waals surface area (Å²) in [6, 6.07) is 7.70. The van der Waals surface area contributed by atoms with E-state index < -0.39 is 0 Å². The summed E-state index contributed by atoms with van der Waals surface area (Å²) in [4.78, 5) is 28.5. The summed E-state index contributed by atoms with van der Waals surface area (Å²) < 4.78 is 0. The fourth-order valence-corrected chi connectivity index (χ4v) is 3.74. The van der Waals surface area contributed by atoms with Gasteiger partial charge in [-0.15, -0.1) is 12.4 Å². The van der Waals surface area contributed by atoms with E-state index in [9.17, 15) is 9.59 Å². The number of hydrogen-bond acceptors (Lipinski definition) is 3. The maximum absolute atomic E-state index is 12.4. The Morgan fingerprint density at radius 2 is 1.78 bits per heavy atom. The molecule has 2 aliphatic rings. The second-order valence-electron chi connectivity index (χ2n) is 7.40. The smallest absolute Gasteiger partial charge is 0.321 e. The molecule has 27 heavy (non-hydrogen) atoms. The molecule has 6 nitrogen and oxygen atoms in total. The van der Waals surface area contributed by atoms with Crippen LogP contribution in [0.15, 0.2) is 24.3 Å². The van der Waals surface area contributed by atoms with Crippen molar-refractivity contribution in [3.63, 3.8) is 0 Å². The standard InChI is InChI=1S/C20H30N4O2.ClH/c1-16-3-2-4-18(15-16)22-20(26)24-13-11-23(12-14-24)19(25)6-5-17-7-9-21-10-8-17;/h2-4,15,17,21H,5-14H2,1H3,(H,22,26);1H. The number of urea groups is 1. The summed E-state index contributed by atoms with van der Waals surface area (Å²) in [5.41, 5.74) is 1.93. The van der Waals surface area contributed by atoms with Crippen molar-refractivity contribution in [3.05, 3.63) is 29.8 Å². The van der Waals surface area contributed by atoms with E-state index in [4.69, 9.17) is 0 Å². The highest BCUT2D eigenvalue weighted by Crippen LogP contribution is 2.19. The number of nitrogens with zero attached hydrogens (tertiary/aromatic N) is 2. The summed E-state index contributed by atoms with van der Waals surface area (Å²) in [6.45, 7) is 6.61. The Kier molecular flexibility index (Phi) is 8.38. The van der Waals surface area contributed by atoms with Gasteiger partial charge < -0.3 is 20.4 Å². The van der Waals surface area contributed by atoms with Crippen molar-refractivity contribution in [2.75, 3.05) is 44.6 Å². The molecule has 0 atom stereocenters. The molecule has 3 amide bonds. The number of amides is 3. The summed E-state index contributed by atoms with van der Waals surface area (Å²) >= 11 is 0. The molecule has 2 N–H and O–H groups in total. The van der Waals surface area contributed by atoms with Crippen LogP contribution in [0.4, 0.5) is 10.5 Å². The zero-order chi connectivity index (χ0) is 18.4. The number of rotatable bonds is 4. The Labute approximate surface area is 168 Å². The van der Waals surface area contributed by atoms with E-state index in [1.165, 1.54) is 12.8 Å². The van der Waals surface area contributed by atoms with Gasteiger partial charge in [-0.2, -0.15) is 0 Å². The third-order valence-corrected chi connectivity index (χ3v) is 5.41. The van der Waals surface area contributed by atoms with Crippen molar-refractivity contribution in [3.8, 4) is 0 Å². The number of carbonyl (C=O) groups excluding carboxylic acids is 2. The van der Waals surface area contributed by atoms with Crippen LogP contribution in [-0.4, -0.2) is 61.0 Å². The average Bonchev–Trinajstić information content (AvgIpc) is 2.67. The number of nitrogens with one attached hydrogen (secondary N) is 2. The second-order valence-corrected chi connectivity index (χ2v) is 7.40. The van der Waals surface area contributed by atoms with Gasteiger partial charge in [0.1, 0.15) is 0 Å². The van der Waals surface area contributed by atoms with Gasteiger partial charge in [0, 0.05) is 38.3 Å². The fourth-order valence-electron chi connectivity index (χ4n) is 3.74. The molecule has 1 aromatic carbocycles. The van der Waals surface area contributed by atoms with Gasteiger partial charge in [0.25, 0.3) is 0 Å². The Hall–Kier alpha value is -1.79. The number of anilines is 1. The van der Waals surface area contributed by atoms with Crippen LogP contribution < -0.4 is 10.6 Å². The first-order valence-corrected chi connectivity index (χ1v) is 9.73. The molecular weight excluding hydrogens is 364 g/mol. The molecule has 7 heteroatoms. The minimum atomic E-state index is -0.0857. The maximum atomic E-state index is 12.4. The average molecular weight is 395 g/mol. The van der Waals surface area contributed by atoms with Crippen molar-refractivity contribution in [1.82, 2.24) is 15.1 Å². The minimum absolute atomic E-state index is 0. The molecular formula is C20H31ClN4O2. The largest absolute Gasteiger partial charge is 0.339 e. The van der Waals surface area contributed by atoms with Crippen molar-refractivity contribution >= 4 is 30.0 Å². The van der Waals surface area contributed by atoms with Gasteiger partial charge in [-0.1, -0.05) is 12.1 Å². The first-order valence-electron chi connectivity index (χ1n) is 9.73. The van der Waals surface area contributed by atoms with E-state index in [-0.39, 0.29) is 24.3 Å². The molecule has 0 unspecified atom stereocenters. The van der Waals surface area contributed by atoms with E-state index in [1.54, 1.807) is 4.90 Å². The van der Waals surface area contributed by atoms with Crippen LogP contribution >= 0.6 is 12.4 Å². The van der Waals surface area contributed by atoms with Crippen molar-refractivity contribution < 1.29 is 9.59 Å². The third kappa shape index (κ3) is 6.40. The minimum Gasteiger partial charge on any atom is -0.339 e. The molecule has 0 aromatic heterocycles. The molecule has 150 valence electrons. The van der Waals surface area contributed by atoms with E-state index in [0.29, 0.717) is 38.5 Å². The number of piperidine rings is 1. The number of piperazine rings is 1. The predicted octanol–water partition coefficient (Wildman–Crippen LogP) is 2.87. The van der Waals surface area contributed by atoms with E-state index >= 15 is 0 Å². The van der Waals surface area contributed by atoms with Gasteiger partial charge in [-0.05, 0) is 62.9 Å². The number of hydrogen-bond donors (Lipinski definition) is 2. The molecule has 2 aliphatic heterocycles. The van der Waals surface area contributed by atoms with E-state index in [1.807, 2.05) is 36.1 Å². The van der Waals surface area contributed by atoms with Gasteiger partial charge in [0.05, 0.1) is 0 Å². The number of carbonyl (C=O) groups is 2. The number of benzene rings is 1. The summed E-state index contributed by atoms with van der Waals surface area (Å²) in [7, 11) is 0. The lowest BCUT2D eigenvalue weighted by atomic mass is 9.93.